The third-order valence-electron chi connectivity index (χ3n) is 4.84. The number of carboxylic acid groups (broad SMARTS) is 1. The Bertz CT molecular complexity index is 1040. The number of hydrogen-bond acceptors (Lipinski definition) is 3. The van der Waals surface area contributed by atoms with Gasteiger partial charge in [0.2, 0.25) is 0 Å². The van der Waals surface area contributed by atoms with E-state index in [0.717, 1.165) is 4.90 Å². The van der Waals surface area contributed by atoms with Crippen molar-refractivity contribution in [3.63, 3.8) is 0 Å². The summed E-state index contributed by atoms with van der Waals surface area (Å²) in [6.07, 6.45) is -0.587. The predicted octanol–water partition coefficient (Wildman–Crippen LogP) is 4.06. The molecule has 3 aromatic rings. The molecule has 136 valence electrons. The Kier molecular flexibility index (Phi) is 4.06. The van der Waals surface area contributed by atoms with Crippen LogP contribution in [-0.4, -0.2) is 49.9 Å². The van der Waals surface area contributed by atoms with Crippen LogP contribution < -0.4 is 0 Å². The molecule has 0 saturated carbocycles. The molecule has 3 heterocycles. The van der Waals surface area contributed by atoms with Gasteiger partial charge in [0.05, 0.1) is 34.3 Å². The van der Waals surface area contributed by atoms with E-state index in [-0.39, 0.29) is 13.1 Å². The van der Waals surface area contributed by atoms with Crippen LogP contribution in [-0.2, 0) is 0 Å². The zero-order valence-electron chi connectivity index (χ0n) is 13.8. The normalized spacial score (nSPS) is 20.8. The number of amides is 1. The van der Waals surface area contributed by atoms with Gasteiger partial charge in [-0.3, -0.25) is 4.98 Å². The number of imidazole rings is 1. The zero-order valence-corrected chi connectivity index (χ0v) is 15.4. The van der Waals surface area contributed by atoms with Gasteiger partial charge < -0.3 is 14.6 Å². The van der Waals surface area contributed by atoms with E-state index in [1.54, 1.807) is 23.8 Å². The van der Waals surface area contributed by atoms with Crippen LogP contribution in [0.1, 0.15) is 18.3 Å². The number of hydrogen-bond donors (Lipinski definition) is 1. The van der Waals surface area contributed by atoms with Crippen molar-refractivity contribution in [3.05, 3.63) is 34.4 Å². The van der Waals surface area contributed by atoms with E-state index >= 15 is 0 Å². The quantitative estimate of drug-likeness (QED) is 0.639. The number of rotatable bonds is 1. The number of halogens is 3. The van der Waals surface area contributed by atoms with E-state index in [2.05, 4.69) is 25.9 Å². The maximum absolute atomic E-state index is 14.8. The van der Waals surface area contributed by atoms with Crippen molar-refractivity contribution in [1.29, 1.82) is 0 Å². The number of aromatic nitrogens is 3. The van der Waals surface area contributed by atoms with Crippen LogP contribution in [0.4, 0.5) is 13.6 Å². The molecular weight excluding hydrogens is 410 g/mol. The first kappa shape index (κ1) is 17.1. The molecule has 1 aliphatic rings. The van der Waals surface area contributed by atoms with Crippen LogP contribution in [0, 0.1) is 12.7 Å². The van der Waals surface area contributed by atoms with E-state index < -0.39 is 24.1 Å². The molecule has 9 heteroatoms. The fourth-order valence-electron chi connectivity index (χ4n) is 3.65. The van der Waals surface area contributed by atoms with Gasteiger partial charge in [-0.25, -0.2) is 18.6 Å². The predicted molar refractivity (Wildman–Crippen MR) is 95.6 cm³/mol. The summed E-state index contributed by atoms with van der Waals surface area (Å²) in [6, 6.07) is 2.41. The van der Waals surface area contributed by atoms with Crippen LogP contribution in [0.5, 0.6) is 0 Å². The Hall–Kier alpha value is -2.29. The van der Waals surface area contributed by atoms with Gasteiger partial charge in [-0.05, 0) is 35.3 Å². The molecular formula is C17H15BrF2N4O2. The van der Waals surface area contributed by atoms with Crippen LogP contribution in [0.25, 0.3) is 21.9 Å². The lowest BCUT2D eigenvalue weighted by molar-refractivity contribution is 0.0800. The molecule has 2 atom stereocenters. The molecule has 2 aromatic heterocycles. The molecule has 0 spiro atoms. The second-order valence-electron chi connectivity index (χ2n) is 6.41. The van der Waals surface area contributed by atoms with Crippen LogP contribution in [0.15, 0.2) is 22.8 Å². The maximum Gasteiger partial charge on any atom is 0.407 e. The van der Waals surface area contributed by atoms with Crippen molar-refractivity contribution < 1.29 is 18.7 Å². The molecule has 1 N–H and O–H groups in total. The summed E-state index contributed by atoms with van der Waals surface area (Å²) in [5.41, 5.74) is 1.74. The molecule has 26 heavy (non-hydrogen) atoms. The number of benzene rings is 1. The lowest BCUT2D eigenvalue weighted by atomic mass is 10.0. The van der Waals surface area contributed by atoms with Crippen molar-refractivity contribution in [2.24, 2.45) is 0 Å². The summed E-state index contributed by atoms with van der Waals surface area (Å²) in [5.74, 6) is 0.191. The van der Waals surface area contributed by atoms with Gasteiger partial charge in [-0.15, -0.1) is 0 Å². The molecule has 1 saturated heterocycles. The van der Waals surface area contributed by atoms with Crippen molar-refractivity contribution >= 4 is 44.0 Å². The SMILES string of the molecule is Cc1nc2cnc3cc(F)c(Br)cc3c2n1C1CCN(C(=O)O)CC1F. The summed E-state index contributed by atoms with van der Waals surface area (Å²) in [5, 5.41) is 9.76. The van der Waals surface area contributed by atoms with Crippen molar-refractivity contribution in [2.75, 3.05) is 13.1 Å². The Labute approximate surface area is 155 Å². The van der Waals surface area contributed by atoms with Gasteiger partial charge in [0, 0.05) is 18.0 Å². The molecule has 4 rings (SSSR count). The average Bonchev–Trinajstić information content (AvgIpc) is 2.92. The monoisotopic (exact) mass is 424 g/mol. The van der Waals surface area contributed by atoms with E-state index in [1.165, 1.54) is 6.07 Å². The highest BCUT2D eigenvalue weighted by molar-refractivity contribution is 9.10. The standard InChI is InChI=1S/C17H15BrF2N4O2/c1-8-22-14-6-21-13-5-11(19)10(18)4-9(13)16(14)24(8)15-2-3-23(17(25)26)7-12(15)20/h4-6,12,15H,2-3,7H2,1H3,(H,25,26). The highest BCUT2D eigenvalue weighted by atomic mass is 79.9. The molecule has 1 aliphatic heterocycles. The Balaban J connectivity index is 1.90. The van der Waals surface area contributed by atoms with E-state index in [1.807, 2.05) is 0 Å². The molecule has 2 unspecified atom stereocenters. The minimum Gasteiger partial charge on any atom is -0.465 e. The number of alkyl halides is 1. The Morgan fingerprint density at radius 3 is 2.85 bits per heavy atom. The largest absolute Gasteiger partial charge is 0.465 e. The van der Waals surface area contributed by atoms with Gasteiger partial charge in [0.25, 0.3) is 0 Å². The van der Waals surface area contributed by atoms with Crippen molar-refractivity contribution in [2.45, 2.75) is 25.6 Å². The number of likely N-dealkylation sites (tertiary alicyclic amines) is 1. The Morgan fingerprint density at radius 2 is 2.15 bits per heavy atom. The number of fused-ring (bicyclic) bond motifs is 3. The molecule has 6 nitrogen and oxygen atoms in total. The van der Waals surface area contributed by atoms with Gasteiger partial charge in [0.1, 0.15) is 23.3 Å². The number of carbonyl (C=O) groups is 1. The first-order valence-electron chi connectivity index (χ1n) is 8.11. The molecule has 1 fully saturated rings. The van der Waals surface area contributed by atoms with Crippen LogP contribution in [0.3, 0.4) is 0 Å². The highest BCUT2D eigenvalue weighted by Gasteiger charge is 2.34. The smallest absolute Gasteiger partial charge is 0.407 e. The summed E-state index contributed by atoms with van der Waals surface area (Å²) in [6.45, 7) is 1.85. The second kappa shape index (κ2) is 6.15. The molecule has 0 bridgehead atoms. The minimum absolute atomic E-state index is 0.180. The number of nitrogens with zero attached hydrogens (tertiary/aromatic N) is 4. The summed E-state index contributed by atoms with van der Waals surface area (Å²) in [7, 11) is 0. The van der Waals surface area contributed by atoms with E-state index in [4.69, 9.17) is 5.11 Å². The topological polar surface area (TPSA) is 71.2 Å². The maximum atomic E-state index is 14.8. The minimum atomic E-state index is -1.36. The third kappa shape index (κ3) is 2.61. The summed E-state index contributed by atoms with van der Waals surface area (Å²) in [4.78, 5) is 20.9. The van der Waals surface area contributed by atoms with Gasteiger partial charge in [0.15, 0.2) is 0 Å². The number of pyridine rings is 1. The first-order chi connectivity index (χ1) is 12.4. The summed E-state index contributed by atoms with van der Waals surface area (Å²) < 4.78 is 30.8. The summed E-state index contributed by atoms with van der Waals surface area (Å²) >= 11 is 3.19. The molecule has 1 aromatic carbocycles. The van der Waals surface area contributed by atoms with Gasteiger partial charge in [-0.1, -0.05) is 0 Å². The highest BCUT2D eigenvalue weighted by Crippen LogP contribution is 2.35. The zero-order chi connectivity index (χ0) is 18.6. The van der Waals surface area contributed by atoms with E-state index in [0.29, 0.717) is 38.7 Å². The fourth-order valence-corrected chi connectivity index (χ4v) is 3.99. The fraction of sp³-hybridized carbons (Fsp3) is 0.353. The average molecular weight is 425 g/mol. The first-order valence-corrected chi connectivity index (χ1v) is 8.90. The number of aryl methyl sites for hydroxylation is 1. The second-order valence-corrected chi connectivity index (χ2v) is 7.26. The van der Waals surface area contributed by atoms with Crippen molar-refractivity contribution in [1.82, 2.24) is 19.4 Å². The lowest BCUT2D eigenvalue weighted by Gasteiger charge is -2.34. The molecule has 1 amide bonds. The van der Waals surface area contributed by atoms with Crippen molar-refractivity contribution in [3.8, 4) is 0 Å². The number of piperidine rings is 1. The molecule has 0 aliphatic carbocycles. The van der Waals surface area contributed by atoms with Gasteiger partial charge in [-0.2, -0.15) is 0 Å². The van der Waals surface area contributed by atoms with E-state index in [9.17, 15) is 13.6 Å². The van der Waals surface area contributed by atoms with Crippen LogP contribution in [0.2, 0.25) is 0 Å². The van der Waals surface area contributed by atoms with Gasteiger partial charge >= 0.3 is 6.09 Å². The third-order valence-corrected chi connectivity index (χ3v) is 5.45. The Morgan fingerprint density at radius 1 is 1.38 bits per heavy atom. The molecule has 0 radical (unpaired) electrons. The lowest BCUT2D eigenvalue weighted by Crippen LogP contribution is -2.45. The van der Waals surface area contributed by atoms with Crippen LogP contribution >= 0.6 is 15.9 Å².